The van der Waals surface area contributed by atoms with E-state index in [-0.39, 0.29) is 22.7 Å². The number of phenols is 1. The molecule has 0 bridgehead atoms. The molecule has 2 amide bonds. The molecule has 0 aromatic heterocycles. The Hall–Kier alpha value is -4.23. The highest BCUT2D eigenvalue weighted by Crippen LogP contribution is 2.33. The maximum atomic E-state index is 13.9. The van der Waals surface area contributed by atoms with Gasteiger partial charge in [-0.05, 0) is 23.3 Å². The van der Waals surface area contributed by atoms with Gasteiger partial charge in [-0.15, -0.1) is 4.59 Å². The van der Waals surface area contributed by atoms with Crippen molar-refractivity contribution in [2.45, 2.75) is 25.7 Å². The SMILES string of the molecule is CC1=NC(CCC(N)=O)=C[N@+]1(NC(=O)C(c1ccccc1)c1ccccc1)c1ccc(O)cc1. The topological polar surface area (TPSA) is 105 Å². The molecule has 3 aromatic rings. The van der Waals surface area contributed by atoms with E-state index in [1.165, 1.54) is 0 Å². The molecule has 3 aromatic carbocycles. The van der Waals surface area contributed by atoms with E-state index in [1.807, 2.05) is 73.8 Å². The molecule has 1 aliphatic rings. The fourth-order valence-corrected chi connectivity index (χ4v) is 4.16. The van der Waals surface area contributed by atoms with Crippen LogP contribution in [0.3, 0.4) is 0 Å². The van der Waals surface area contributed by atoms with E-state index in [0.717, 1.165) is 11.1 Å². The molecule has 0 saturated carbocycles. The van der Waals surface area contributed by atoms with Crippen LogP contribution in [-0.2, 0) is 9.59 Å². The Morgan fingerprint density at radius 1 is 0.941 bits per heavy atom. The zero-order chi connectivity index (χ0) is 24.1. The summed E-state index contributed by atoms with van der Waals surface area (Å²) in [5.41, 5.74) is 11.6. The second kappa shape index (κ2) is 9.72. The number of nitrogens with two attached hydrogens (primary N) is 1. The number of hydrogen-bond acceptors (Lipinski definition) is 4. The molecule has 4 N–H and O–H groups in total. The first-order chi connectivity index (χ1) is 16.4. The first-order valence-corrected chi connectivity index (χ1v) is 11.1. The number of aliphatic imine (C=N–C) groups is 1. The summed E-state index contributed by atoms with van der Waals surface area (Å²) in [6.45, 7) is 1.82. The molecule has 0 aliphatic carbocycles. The third kappa shape index (κ3) is 4.74. The lowest BCUT2D eigenvalue weighted by Gasteiger charge is -2.31. The highest BCUT2D eigenvalue weighted by molar-refractivity contribution is 5.99. The van der Waals surface area contributed by atoms with Gasteiger partial charge in [0.25, 0.3) is 5.91 Å². The first kappa shape index (κ1) is 22.9. The molecule has 1 heterocycles. The van der Waals surface area contributed by atoms with Gasteiger partial charge in [0.15, 0.2) is 11.9 Å². The Bertz CT molecular complexity index is 1200. The lowest BCUT2D eigenvalue weighted by molar-refractivity contribution is -0.124. The van der Waals surface area contributed by atoms with Gasteiger partial charge >= 0.3 is 0 Å². The van der Waals surface area contributed by atoms with E-state index >= 15 is 0 Å². The summed E-state index contributed by atoms with van der Waals surface area (Å²) in [5.74, 6) is -0.455. The number of primary amides is 1. The van der Waals surface area contributed by atoms with Crippen molar-refractivity contribution in [3.63, 3.8) is 0 Å². The van der Waals surface area contributed by atoms with Crippen LogP contribution >= 0.6 is 0 Å². The zero-order valence-electron chi connectivity index (χ0n) is 18.9. The summed E-state index contributed by atoms with van der Waals surface area (Å²) in [6.07, 6.45) is 2.33. The molecule has 7 heteroatoms. The molecule has 0 spiro atoms. The van der Waals surface area contributed by atoms with E-state index in [1.54, 1.807) is 24.3 Å². The van der Waals surface area contributed by atoms with Crippen molar-refractivity contribution >= 4 is 23.3 Å². The summed E-state index contributed by atoms with van der Waals surface area (Å²) < 4.78 is -0.149. The van der Waals surface area contributed by atoms with Gasteiger partial charge in [0, 0.05) is 31.9 Å². The van der Waals surface area contributed by atoms with Gasteiger partial charge in [-0.2, -0.15) is 10.4 Å². The molecule has 4 rings (SSSR count). The van der Waals surface area contributed by atoms with Crippen LogP contribution in [0.1, 0.15) is 36.8 Å². The fraction of sp³-hybridized carbons (Fsp3) is 0.148. The normalized spacial score (nSPS) is 17.2. The van der Waals surface area contributed by atoms with Gasteiger partial charge in [0.1, 0.15) is 11.4 Å². The second-order valence-corrected chi connectivity index (χ2v) is 8.22. The molecule has 0 saturated heterocycles. The number of nitrogens with zero attached hydrogens (tertiary/aromatic N) is 2. The van der Waals surface area contributed by atoms with Crippen LogP contribution in [0, 0.1) is 0 Å². The quantitative estimate of drug-likeness (QED) is 0.445. The third-order valence-electron chi connectivity index (χ3n) is 5.86. The molecule has 1 atom stereocenters. The predicted octanol–water partition coefficient (Wildman–Crippen LogP) is 4.10. The molecular weight excluding hydrogens is 428 g/mol. The van der Waals surface area contributed by atoms with E-state index in [0.29, 0.717) is 23.6 Å². The molecule has 0 unspecified atom stereocenters. The number of rotatable bonds is 8. The van der Waals surface area contributed by atoms with Crippen molar-refractivity contribution < 1.29 is 14.7 Å². The maximum Gasteiger partial charge on any atom is 0.278 e. The summed E-state index contributed by atoms with van der Waals surface area (Å²) >= 11 is 0. The number of carbonyl (C=O) groups excluding carboxylic acids is 2. The van der Waals surface area contributed by atoms with Crippen LogP contribution in [0.2, 0.25) is 0 Å². The lowest BCUT2D eigenvalue weighted by atomic mass is 9.90. The minimum atomic E-state index is -0.551. The van der Waals surface area contributed by atoms with Crippen LogP contribution < -0.4 is 15.8 Å². The van der Waals surface area contributed by atoms with Gasteiger partial charge in [-0.25, -0.2) is 0 Å². The lowest BCUT2D eigenvalue weighted by Crippen LogP contribution is -2.60. The summed E-state index contributed by atoms with van der Waals surface area (Å²) in [7, 11) is 0. The van der Waals surface area contributed by atoms with Gasteiger partial charge in [-0.1, -0.05) is 60.7 Å². The van der Waals surface area contributed by atoms with Crippen molar-refractivity contribution in [3.05, 3.63) is 108 Å². The van der Waals surface area contributed by atoms with Crippen LogP contribution in [0.25, 0.3) is 0 Å². The molecular formula is C27H27N4O3+. The monoisotopic (exact) mass is 455 g/mol. The number of nitrogens with one attached hydrogen (secondary N) is 1. The number of benzene rings is 3. The number of carbonyl (C=O) groups is 2. The minimum Gasteiger partial charge on any atom is -0.508 e. The second-order valence-electron chi connectivity index (χ2n) is 8.22. The Balaban J connectivity index is 1.77. The smallest absolute Gasteiger partial charge is 0.278 e. The average Bonchev–Trinajstić information content (AvgIpc) is 3.15. The minimum absolute atomic E-state index is 0.117. The first-order valence-electron chi connectivity index (χ1n) is 11.1. The van der Waals surface area contributed by atoms with E-state index in [2.05, 4.69) is 10.4 Å². The van der Waals surface area contributed by atoms with Crippen LogP contribution in [0.5, 0.6) is 5.75 Å². The number of allylic oxidation sites excluding steroid dienone is 1. The number of amides is 2. The zero-order valence-corrected chi connectivity index (χ0v) is 18.9. The number of phenolic OH excluding ortho intramolecular Hbond substituents is 1. The Kier molecular flexibility index (Phi) is 6.56. The largest absolute Gasteiger partial charge is 0.508 e. The Morgan fingerprint density at radius 2 is 1.50 bits per heavy atom. The fourth-order valence-electron chi connectivity index (χ4n) is 4.16. The van der Waals surface area contributed by atoms with Gasteiger partial charge in [0.2, 0.25) is 11.7 Å². The number of quaternary nitrogens is 1. The summed E-state index contributed by atoms with van der Waals surface area (Å²) in [6, 6.07) is 25.8. The van der Waals surface area contributed by atoms with Crippen molar-refractivity contribution in [1.29, 1.82) is 0 Å². The van der Waals surface area contributed by atoms with Gasteiger partial charge in [0.05, 0.1) is 5.92 Å². The maximum absolute atomic E-state index is 13.9. The van der Waals surface area contributed by atoms with E-state index in [4.69, 9.17) is 5.73 Å². The standard InChI is InChI=1S/C27H26N4O3/c1-19-29-22(12-17-25(28)33)18-31(19,23-13-15-24(32)16-14-23)30-27(34)26(20-8-4-2-5-9-20)21-10-6-3-7-11-21/h2-11,13-16,18,26H,12,17H2,1H3,(H3-,28,30,32,33,34)/p+1/t31-/m1/s1. The average molecular weight is 456 g/mol. The number of amidine groups is 1. The highest BCUT2D eigenvalue weighted by Gasteiger charge is 2.42. The van der Waals surface area contributed by atoms with Crippen LogP contribution in [0.4, 0.5) is 5.69 Å². The number of aromatic hydroxyl groups is 1. The van der Waals surface area contributed by atoms with Gasteiger partial charge < -0.3 is 10.8 Å². The Labute approximate surface area is 198 Å². The molecule has 172 valence electrons. The summed E-state index contributed by atoms with van der Waals surface area (Å²) in [5, 5.41) is 9.82. The summed E-state index contributed by atoms with van der Waals surface area (Å²) in [4.78, 5) is 29.9. The van der Waals surface area contributed by atoms with Crippen molar-refractivity contribution in [1.82, 2.24) is 10.0 Å². The van der Waals surface area contributed by atoms with Crippen LogP contribution in [-0.4, -0.2) is 22.8 Å². The predicted molar refractivity (Wildman–Crippen MR) is 132 cm³/mol. The molecule has 0 radical (unpaired) electrons. The van der Waals surface area contributed by atoms with Gasteiger partial charge in [-0.3, -0.25) is 9.59 Å². The molecule has 1 aliphatic heterocycles. The van der Waals surface area contributed by atoms with E-state index < -0.39 is 11.8 Å². The highest BCUT2D eigenvalue weighted by atomic mass is 16.3. The molecule has 34 heavy (non-hydrogen) atoms. The third-order valence-corrected chi connectivity index (χ3v) is 5.86. The molecule has 7 nitrogen and oxygen atoms in total. The van der Waals surface area contributed by atoms with Crippen molar-refractivity contribution in [2.24, 2.45) is 10.7 Å². The number of hydrogen-bond donors (Lipinski definition) is 3. The molecule has 0 fully saturated rings. The van der Waals surface area contributed by atoms with Crippen molar-refractivity contribution in [3.8, 4) is 5.75 Å². The van der Waals surface area contributed by atoms with Crippen LogP contribution in [0.15, 0.2) is 102 Å². The Morgan fingerprint density at radius 3 is 2.03 bits per heavy atom. The van der Waals surface area contributed by atoms with Crippen molar-refractivity contribution in [2.75, 3.05) is 0 Å². The van der Waals surface area contributed by atoms with E-state index in [9.17, 15) is 14.7 Å².